The van der Waals surface area contributed by atoms with Crippen molar-refractivity contribution in [1.29, 1.82) is 0 Å². The summed E-state index contributed by atoms with van der Waals surface area (Å²) in [6, 6.07) is 0. The van der Waals surface area contributed by atoms with Crippen molar-refractivity contribution < 1.29 is 9.90 Å². The Hall–Kier alpha value is -0.870. The Labute approximate surface area is 91.0 Å². The lowest BCUT2D eigenvalue weighted by Gasteiger charge is -2.31. The van der Waals surface area contributed by atoms with Gasteiger partial charge in [-0.05, 0) is 18.8 Å². The fourth-order valence-corrected chi connectivity index (χ4v) is 1.76. The number of carbonyl (C=O) groups excluding carboxylic acids is 1. The second-order valence-corrected chi connectivity index (χ2v) is 3.93. The number of nitrogens with one attached hydrogen (secondary N) is 1. The van der Waals surface area contributed by atoms with E-state index in [0.29, 0.717) is 19.0 Å². The van der Waals surface area contributed by atoms with E-state index < -0.39 is 0 Å². The lowest BCUT2D eigenvalue weighted by molar-refractivity contribution is -0.131. The van der Waals surface area contributed by atoms with E-state index in [1.54, 1.807) is 6.08 Å². The number of hydrogen-bond acceptors (Lipinski definition) is 3. The number of rotatable bonds is 5. The van der Waals surface area contributed by atoms with E-state index >= 15 is 0 Å². The van der Waals surface area contributed by atoms with E-state index in [0.717, 1.165) is 25.9 Å². The third-order valence-electron chi connectivity index (χ3n) is 2.79. The molecule has 0 saturated carbocycles. The van der Waals surface area contributed by atoms with Crippen LogP contribution in [0.25, 0.3) is 0 Å². The molecule has 0 spiro atoms. The maximum Gasteiger partial charge on any atom is 0.236 e. The van der Waals surface area contributed by atoms with Gasteiger partial charge >= 0.3 is 0 Å². The normalized spacial score (nSPS) is 17.8. The molecule has 0 radical (unpaired) electrons. The predicted octanol–water partition coefficient (Wildman–Crippen LogP) is -0.00710. The van der Waals surface area contributed by atoms with Crippen LogP contribution in [0.3, 0.4) is 0 Å². The highest BCUT2D eigenvalue weighted by Gasteiger charge is 2.21. The standard InChI is InChI=1S/C11H20N2O2/c1-2-5-12-8-11(15)13-6-3-10(9-14)4-7-13/h2,10,12,14H,1,3-9H2. The molecule has 1 amide bonds. The SMILES string of the molecule is C=CCNCC(=O)N1CCC(CO)CC1. The van der Waals surface area contributed by atoms with Gasteiger partial charge in [0.2, 0.25) is 5.91 Å². The first kappa shape index (κ1) is 12.2. The molecule has 0 aromatic heterocycles. The summed E-state index contributed by atoms with van der Waals surface area (Å²) in [5.74, 6) is 0.531. The summed E-state index contributed by atoms with van der Waals surface area (Å²) in [4.78, 5) is 13.5. The van der Waals surface area contributed by atoms with Crippen LogP contribution in [0.4, 0.5) is 0 Å². The summed E-state index contributed by atoms with van der Waals surface area (Å²) in [7, 11) is 0. The Bertz CT molecular complexity index is 211. The van der Waals surface area contributed by atoms with Crippen molar-refractivity contribution in [1.82, 2.24) is 10.2 Å². The van der Waals surface area contributed by atoms with Crippen LogP contribution in [0.1, 0.15) is 12.8 Å². The minimum absolute atomic E-state index is 0.147. The quantitative estimate of drug-likeness (QED) is 0.498. The van der Waals surface area contributed by atoms with Crippen LogP contribution in [0, 0.1) is 5.92 Å². The van der Waals surface area contributed by atoms with Gasteiger partial charge in [0.25, 0.3) is 0 Å². The number of piperidine rings is 1. The maximum absolute atomic E-state index is 11.6. The van der Waals surface area contributed by atoms with Gasteiger partial charge in [-0.2, -0.15) is 0 Å². The van der Waals surface area contributed by atoms with Crippen molar-refractivity contribution in [3.05, 3.63) is 12.7 Å². The highest BCUT2D eigenvalue weighted by Crippen LogP contribution is 2.15. The highest BCUT2D eigenvalue weighted by molar-refractivity contribution is 5.78. The smallest absolute Gasteiger partial charge is 0.236 e. The van der Waals surface area contributed by atoms with Crippen LogP contribution in [0.15, 0.2) is 12.7 Å². The van der Waals surface area contributed by atoms with Crippen molar-refractivity contribution in [2.24, 2.45) is 5.92 Å². The third kappa shape index (κ3) is 4.01. The number of aliphatic hydroxyl groups is 1. The molecule has 1 saturated heterocycles. The van der Waals surface area contributed by atoms with Crippen LogP contribution in [-0.2, 0) is 4.79 Å². The van der Waals surface area contributed by atoms with Crippen molar-refractivity contribution in [2.75, 3.05) is 32.8 Å². The molecule has 0 aliphatic carbocycles. The average Bonchev–Trinajstić information content (AvgIpc) is 2.29. The Balaban J connectivity index is 2.20. The summed E-state index contributed by atoms with van der Waals surface area (Å²) in [5, 5.41) is 12.0. The zero-order valence-corrected chi connectivity index (χ0v) is 9.11. The molecule has 0 atom stereocenters. The lowest BCUT2D eigenvalue weighted by atomic mass is 9.98. The molecule has 1 rings (SSSR count). The number of aliphatic hydroxyl groups excluding tert-OH is 1. The second kappa shape index (κ2) is 6.58. The number of hydrogen-bond donors (Lipinski definition) is 2. The van der Waals surface area contributed by atoms with Crippen LogP contribution in [0.5, 0.6) is 0 Å². The van der Waals surface area contributed by atoms with Gasteiger partial charge in [-0.15, -0.1) is 6.58 Å². The van der Waals surface area contributed by atoms with Gasteiger partial charge in [0.1, 0.15) is 0 Å². The number of nitrogens with zero attached hydrogens (tertiary/aromatic N) is 1. The van der Waals surface area contributed by atoms with E-state index in [-0.39, 0.29) is 12.5 Å². The minimum Gasteiger partial charge on any atom is -0.396 e. The van der Waals surface area contributed by atoms with E-state index in [1.165, 1.54) is 0 Å². The summed E-state index contributed by atoms with van der Waals surface area (Å²) >= 11 is 0. The molecular weight excluding hydrogens is 192 g/mol. The monoisotopic (exact) mass is 212 g/mol. The highest BCUT2D eigenvalue weighted by atomic mass is 16.3. The molecule has 0 bridgehead atoms. The molecule has 4 nitrogen and oxygen atoms in total. The number of likely N-dealkylation sites (tertiary alicyclic amines) is 1. The van der Waals surface area contributed by atoms with Crippen LogP contribution < -0.4 is 5.32 Å². The molecule has 1 aliphatic rings. The Morgan fingerprint density at radius 1 is 1.53 bits per heavy atom. The summed E-state index contributed by atoms with van der Waals surface area (Å²) < 4.78 is 0. The fourth-order valence-electron chi connectivity index (χ4n) is 1.76. The Kier molecular flexibility index (Phi) is 5.36. The second-order valence-electron chi connectivity index (χ2n) is 3.93. The molecule has 15 heavy (non-hydrogen) atoms. The minimum atomic E-state index is 0.147. The average molecular weight is 212 g/mol. The van der Waals surface area contributed by atoms with Gasteiger partial charge in [-0.3, -0.25) is 4.79 Å². The first-order valence-corrected chi connectivity index (χ1v) is 5.48. The van der Waals surface area contributed by atoms with E-state index in [2.05, 4.69) is 11.9 Å². The van der Waals surface area contributed by atoms with Gasteiger partial charge in [-0.1, -0.05) is 6.08 Å². The van der Waals surface area contributed by atoms with Crippen molar-refractivity contribution in [2.45, 2.75) is 12.8 Å². The summed E-state index contributed by atoms with van der Waals surface area (Å²) in [6.45, 7) is 6.43. The van der Waals surface area contributed by atoms with Gasteiger partial charge < -0.3 is 15.3 Å². The van der Waals surface area contributed by atoms with E-state index in [9.17, 15) is 4.79 Å². The van der Waals surface area contributed by atoms with Crippen LogP contribution >= 0.6 is 0 Å². The zero-order chi connectivity index (χ0) is 11.1. The molecule has 1 fully saturated rings. The number of amides is 1. The summed E-state index contributed by atoms with van der Waals surface area (Å²) in [5.41, 5.74) is 0. The molecule has 0 aromatic carbocycles. The first-order valence-electron chi connectivity index (χ1n) is 5.48. The molecule has 1 aliphatic heterocycles. The van der Waals surface area contributed by atoms with Gasteiger partial charge in [0.05, 0.1) is 6.54 Å². The van der Waals surface area contributed by atoms with Crippen molar-refractivity contribution >= 4 is 5.91 Å². The maximum atomic E-state index is 11.6. The lowest BCUT2D eigenvalue weighted by Crippen LogP contribution is -2.43. The molecular formula is C11H20N2O2. The molecule has 2 N–H and O–H groups in total. The largest absolute Gasteiger partial charge is 0.396 e. The van der Waals surface area contributed by atoms with E-state index in [1.807, 2.05) is 4.90 Å². The van der Waals surface area contributed by atoms with Crippen molar-refractivity contribution in [3.8, 4) is 0 Å². The molecule has 0 aromatic rings. The van der Waals surface area contributed by atoms with Crippen LogP contribution in [-0.4, -0.2) is 48.7 Å². The summed E-state index contributed by atoms with van der Waals surface area (Å²) in [6.07, 6.45) is 3.58. The Morgan fingerprint density at radius 2 is 2.20 bits per heavy atom. The zero-order valence-electron chi connectivity index (χ0n) is 9.11. The first-order chi connectivity index (χ1) is 7.27. The van der Waals surface area contributed by atoms with Gasteiger partial charge in [0, 0.05) is 26.2 Å². The fraction of sp³-hybridized carbons (Fsp3) is 0.727. The van der Waals surface area contributed by atoms with Gasteiger partial charge in [0.15, 0.2) is 0 Å². The van der Waals surface area contributed by atoms with Crippen molar-refractivity contribution in [3.63, 3.8) is 0 Å². The van der Waals surface area contributed by atoms with E-state index in [4.69, 9.17) is 5.11 Å². The predicted molar refractivity (Wildman–Crippen MR) is 59.5 cm³/mol. The molecule has 86 valence electrons. The molecule has 4 heteroatoms. The topological polar surface area (TPSA) is 52.6 Å². The Morgan fingerprint density at radius 3 is 2.73 bits per heavy atom. The van der Waals surface area contributed by atoms with Crippen LogP contribution in [0.2, 0.25) is 0 Å². The third-order valence-corrected chi connectivity index (χ3v) is 2.79. The molecule has 1 heterocycles. The number of carbonyl (C=O) groups is 1. The molecule has 0 unspecified atom stereocenters. The van der Waals surface area contributed by atoms with Gasteiger partial charge in [-0.25, -0.2) is 0 Å².